The van der Waals surface area contributed by atoms with Gasteiger partial charge >= 0.3 is 0 Å². The molecule has 7 heteroatoms. The van der Waals surface area contributed by atoms with Crippen LogP contribution in [0.25, 0.3) is 0 Å². The molecule has 2 rings (SSSR count). The molecule has 1 fully saturated rings. The third-order valence-corrected chi connectivity index (χ3v) is 5.16. The van der Waals surface area contributed by atoms with E-state index in [-0.39, 0.29) is 29.3 Å². The van der Waals surface area contributed by atoms with Crippen molar-refractivity contribution in [3.05, 3.63) is 29.6 Å². The Labute approximate surface area is 122 Å². The highest BCUT2D eigenvalue weighted by molar-refractivity contribution is 7.91. The number of sulfone groups is 1. The first-order valence-corrected chi connectivity index (χ1v) is 8.16. The van der Waals surface area contributed by atoms with Crippen molar-refractivity contribution in [3.63, 3.8) is 0 Å². The Morgan fingerprint density at radius 3 is 2.76 bits per heavy atom. The minimum Gasteiger partial charge on any atom is -0.396 e. The van der Waals surface area contributed by atoms with Crippen LogP contribution in [0.15, 0.2) is 18.2 Å². The summed E-state index contributed by atoms with van der Waals surface area (Å²) >= 11 is 0. The topological polar surface area (TPSA) is 80.5 Å². The standard InChI is InChI=1S/C14H15FN2O3S/c1-2-6-17(11-5-7-21(19,20)9-11)14(18)10-3-4-12(15)13(16)8-10/h1,3-4,8,11H,5-7,9,16H2. The predicted molar refractivity (Wildman–Crippen MR) is 77.7 cm³/mol. The number of hydrogen-bond donors (Lipinski definition) is 1. The number of hydrogen-bond acceptors (Lipinski definition) is 4. The van der Waals surface area contributed by atoms with Crippen LogP contribution in [-0.4, -0.2) is 43.3 Å². The quantitative estimate of drug-likeness (QED) is 0.657. The highest BCUT2D eigenvalue weighted by Crippen LogP contribution is 2.21. The second kappa shape index (κ2) is 5.74. The fourth-order valence-corrected chi connectivity index (χ4v) is 4.06. The molecule has 0 radical (unpaired) electrons. The molecule has 1 amide bonds. The first-order valence-electron chi connectivity index (χ1n) is 6.34. The second-order valence-electron chi connectivity index (χ2n) is 4.93. The Morgan fingerprint density at radius 1 is 1.52 bits per heavy atom. The Kier molecular flexibility index (Phi) is 4.19. The van der Waals surface area contributed by atoms with Crippen LogP contribution in [-0.2, 0) is 9.84 Å². The lowest BCUT2D eigenvalue weighted by Crippen LogP contribution is -2.41. The Morgan fingerprint density at radius 2 is 2.24 bits per heavy atom. The monoisotopic (exact) mass is 310 g/mol. The zero-order valence-corrected chi connectivity index (χ0v) is 12.1. The average molecular weight is 310 g/mol. The smallest absolute Gasteiger partial charge is 0.254 e. The van der Waals surface area contributed by atoms with Crippen LogP contribution in [0.3, 0.4) is 0 Å². The molecule has 0 bridgehead atoms. The van der Waals surface area contributed by atoms with E-state index < -0.39 is 27.6 Å². The first kappa shape index (κ1) is 15.3. The number of amides is 1. The van der Waals surface area contributed by atoms with Gasteiger partial charge in [0.25, 0.3) is 5.91 Å². The van der Waals surface area contributed by atoms with Crippen LogP contribution in [0.1, 0.15) is 16.8 Å². The molecule has 1 saturated heterocycles. The third-order valence-electron chi connectivity index (χ3n) is 3.41. The van der Waals surface area contributed by atoms with Crippen molar-refractivity contribution in [1.29, 1.82) is 0 Å². The van der Waals surface area contributed by atoms with Gasteiger partial charge in [-0.2, -0.15) is 0 Å². The third kappa shape index (κ3) is 3.34. The fourth-order valence-electron chi connectivity index (χ4n) is 2.33. The van der Waals surface area contributed by atoms with E-state index in [1.165, 1.54) is 17.0 Å². The minimum absolute atomic E-state index is 0.00367. The molecule has 5 nitrogen and oxygen atoms in total. The summed E-state index contributed by atoms with van der Waals surface area (Å²) in [6.45, 7) is -0.00367. The molecule has 21 heavy (non-hydrogen) atoms. The highest BCUT2D eigenvalue weighted by atomic mass is 32.2. The molecule has 0 saturated carbocycles. The molecule has 1 aromatic rings. The van der Waals surface area contributed by atoms with Gasteiger partial charge in [-0.3, -0.25) is 4.79 Å². The van der Waals surface area contributed by atoms with Gasteiger partial charge in [0.1, 0.15) is 5.82 Å². The van der Waals surface area contributed by atoms with Crippen molar-refractivity contribution in [2.45, 2.75) is 12.5 Å². The lowest BCUT2D eigenvalue weighted by Gasteiger charge is -2.26. The number of halogens is 1. The summed E-state index contributed by atoms with van der Waals surface area (Å²) in [5.41, 5.74) is 5.50. The average Bonchev–Trinajstić information content (AvgIpc) is 2.78. The molecule has 1 aromatic carbocycles. The molecule has 0 spiro atoms. The number of rotatable bonds is 3. The summed E-state index contributed by atoms with van der Waals surface area (Å²) in [6, 6.07) is 3.18. The summed E-state index contributed by atoms with van der Waals surface area (Å²) in [4.78, 5) is 13.8. The number of nitrogens with zero attached hydrogens (tertiary/aromatic N) is 1. The molecule has 1 atom stereocenters. The number of benzene rings is 1. The number of nitrogens with two attached hydrogens (primary N) is 1. The van der Waals surface area contributed by atoms with E-state index in [9.17, 15) is 17.6 Å². The van der Waals surface area contributed by atoms with Gasteiger partial charge in [0.05, 0.1) is 23.7 Å². The van der Waals surface area contributed by atoms with Crippen LogP contribution in [0.4, 0.5) is 10.1 Å². The molecular weight excluding hydrogens is 295 g/mol. The number of carbonyl (C=O) groups excluding carboxylic acids is 1. The van der Waals surface area contributed by atoms with Gasteiger partial charge in [-0.15, -0.1) is 6.42 Å². The lowest BCUT2D eigenvalue weighted by molar-refractivity contribution is 0.0724. The van der Waals surface area contributed by atoms with E-state index in [2.05, 4.69) is 5.92 Å². The zero-order chi connectivity index (χ0) is 15.6. The molecule has 0 aromatic heterocycles. The largest absolute Gasteiger partial charge is 0.396 e. The summed E-state index contributed by atoms with van der Waals surface area (Å²) < 4.78 is 36.2. The Hall–Kier alpha value is -2.07. The van der Waals surface area contributed by atoms with Gasteiger partial charge in [0.2, 0.25) is 0 Å². The van der Waals surface area contributed by atoms with E-state index in [0.29, 0.717) is 6.42 Å². The van der Waals surface area contributed by atoms with Crippen LogP contribution in [0.2, 0.25) is 0 Å². The van der Waals surface area contributed by atoms with Crippen molar-refractivity contribution in [2.24, 2.45) is 0 Å². The maximum Gasteiger partial charge on any atom is 0.254 e. The van der Waals surface area contributed by atoms with Gasteiger partial charge in [-0.25, -0.2) is 12.8 Å². The van der Waals surface area contributed by atoms with Crippen molar-refractivity contribution in [1.82, 2.24) is 4.90 Å². The minimum atomic E-state index is -3.14. The number of carbonyl (C=O) groups is 1. The summed E-state index contributed by atoms with van der Waals surface area (Å²) in [5.74, 6) is 1.24. The van der Waals surface area contributed by atoms with Crippen molar-refractivity contribution >= 4 is 21.4 Å². The second-order valence-corrected chi connectivity index (χ2v) is 7.16. The van der Waals surface area contributed by atoms with E-state index in [1.807, 2.05) is 0 Å². The molecule has 1 heterocycles. The summed E-state index contributed by atoms with van der Waals surface area (Å²) in [5, 5.41) is 0. The Bertz CT molecular complexity index is 709. The molecule has 2 N–H and O–H groups in total. The van der Waals surface area contributed by atoms with E-state index >= 15 is 0 Å². The van der Waals surface area contributed by atoms with Crippen molar-refractivity contribution < 1.29 is 17.6 Å². The first-order chi connectivity index (χ1) is 9.84. The van der Waals surface area contributed by atoms with Crippen LogP contribution >= 0.6 is 0 Å². The Balaban J connectivity index is 2.28. The number of terminal acetylenes is 1. The van der Waals surface area contributed by atoms with Gasteiger partial charge in [0, 0.05) is 11.6 Å². The van der Waals surface area contributed by atoms with E-state index in [0.717, 1.165) is 6.07 Å². The van der Waals surface area contributed by atoms with Gasteiger partial charge in [-0.05, 0) is 24.6 Å². The molecule has 1 aliphatic rings. The maximum absolute atomic E-state index is 13.2. The number of anilines is 1. The summed E-state index contributed by atoms with van der Waals surface area (Å²) in [6.07, 6.45) is 5.61. The van der Waals surface area contributed by atoms with Crippen LogP contribution in [0.5, 0.6) is 0 Å². The molecular formula is C14H15FN2O3S. The summed E-state index contributed by atoms with van der Waals surface area (Å²) in [7, 11) is -3.14. The predicted octanol–water partition coefficient (Wildman–Crippen LogP) is 0.670. The molecule has 1 unspecified atom stereocenters. The molecule has 1 aliphatic heterocycles. The molecule has 112 valence electrons. The van der Waals surface area contributed by atoms with Gasteiger partial charge in [-0.1, -0.05) is 5.92 Å². The SMILES string of the molecule is C#CCN(C(=O)c1ccc(F)c(N)c1)C1CCS(=O)(=O)C1. The van der Waals surface area contributed by atoms with Crippen molar-refractivity contribution in [3.8, 4) is 12.3 Å². The van der Waals surface area contributed by atoms with Gasteiger partial charge < -0.3 is 10.6 Å². The van der Waals surface area contributed by atoms with E-state index in [4.69, 9.17) is 12.2 Å². The number of nitrogen functional groups attached to an aromatic ring is 1. The lowest BCUT2D eigenvalue weighted by atomic mass is 10.1. The maximum atomic E-state index is 13.2. The van der Waals surface area contributed by atoms with E-state index in [1.54, 1.807) is 0 Å². The highest BCUT2D eigenvalue weighted by Gasteiger charge is 2.34. The fraction of sp³-hybridized carbons (Fsp3) is 0.357. The van der Waals surface area contributed by atoms with Crippen molar-refractivity contribution in [2.75, 3.05) is 23.8 Å². The normalized spacial score (nSPS) is 19.9. The van der Waals surface area contributed by atoms with Crippen LogP contribution in [0, 0.1) is 18.2 Å². The zero-order valence-electron chi connectivity index (χ0n) is 11.3. The van der Waals surface area contributed by atoms with Crippen LogP contribution < -0.4 is 5.73 Å². The van der Waals surface area contributed by atoms with Gasteiger partial charge in [0.15, 0.2) is 9.84 Å². The molecule has 0 aliphatic carbocycles.